The van der Waals surface area contributed by atoms with Crippen molar-refractivity contribution in [3.05, 3.63) is 56.7 Å². The van der Waals surface area contributed by atoms with Crippen LogP contribution in [0.3, 0.4) is 0 Å². The van der Waals surface area contributed by atoms with Crippen molar-refractivity contribution in [3.63, 3.8) is 0 Å². The van der Waals surface area contributed by atoms with Gasteiger partial charge in [-0.1, -0.05) is 51.1 Å². The minimum absolute atomic E-state index is 0.00767. The monoisotopic (exact) mass is 358 g/mol. The Hall–Kier alpha value is -2.83. The first-order chi connectivity index (χ1) is 12.1. The van der Waals surface area contributed by atoms with E-state index in [1.54, 1.807) is 6.92 Å². The molecule has 0 saturated carbocycles. The highest BCUT2D eigenvalue weighted by Gasteiger charge is 2.26. The van der Waals surface area contributed by atoms with Crippen molar-refractivity contribution in [1.29, 1.82) is 0 Å². The molecule has 7 heteroatoms. The van der Waals surface area contributed by atoms with Crippen LogP contribution in [0.15, 0.2) is 39.9 Å². The molecule has 1 heterocycles. The number of aromatic nitrogens is 2. The second kappa shape index (κ2) is 7.59. The molecule has 1 amide bonds. The van der Waals surface area contributed by atoms with E-state index in [1.807, 2.05) is 51.1 Å². The summed E-state index contributed by atoms with van der Waals surface area (Å²) in [6, 6.07) is 9.30. The van der Waals surface area contributed by atoms with Gasteiger partial charge in [-0.25, -0.2) is 4.79 Å². The fourth-order valence-electron chi connectivity index (χ4n) is 2.77. The van der Waals surface area contributed by atoms with E-state index in [9.17, 15) is 14.4 Å². The van der Waals surface area contributed by atoms with Gasteiger partial charge < -0.3 is 10.6 Å². The predicted octanol–water partition coefficient (Wildman–Crippen LogP) is 1.96. The van der Waals surface area contributed by atoms with Crippen molar-refractivity contribution >= 4 is 17.4 Å². The van der Waals surface area contributed by atoms with E-state index in [4.69, 9.17) is 5.73 Å². The van der Waals surface area contributed by atoms with Gasteiger partial charge in [0.25, 0.3) is 5.56 Å². The fourth-order valence-corrected chi connectivity index (χ4v) is 2.77. The zero-order chi connectivity index (χ0) is 19.5. The Morgan fingerprint density at radius 2 is 1.81 bits per heavy atom. The number of amides is 1. The highest BCUT2D eigenvalue weighted by Crippen LogP contribution is 2.24. The van der Waals surface area contributed by atoms with Gasteiger partial charge in [-0.15, -0.1) is 0 Å². The summed E-state index contributed by atoms with van der Waals surface area (Å²) in [6.07, 6.45) is 0.261. The summed E-state index contributed by atoms with van der Waals surface area (Å²) in [7, 11) is 0. The van der Waals surface area contributed by atoms with Gasteiger partial charge >= 0.3 is 5.69 Å². The number of carbonyl (C=O) groups is 1. The van der Waals surface area contributed by atoms with E-state index in [2.05, 4.69) is 4.98 Å². The minimum Gasteiger partial charge on any atom is -0.383 e. The third-order valence-corrected chi connectivity index (χ3v) is 3.97. The molecule has 0 aliphatic rings. The molecule has 140 valence electrons. The fraction of sp³-hybridized carbons (Fsp3) is 0.421. The number of H-pyrrole nitrogens is 1. The van der Waals surface area contributed by atoms with Gasteiger partial charge in [0, 0.05) is 13.0 Å². The zero-order valence-electron chi connectivity index (χ0n) is 15.7. The number of aromatic amines is 1. The Kier molecular flexibility index (Phi) is 5.69. The standard InChI is InChI=1S/C19H26N4O3/c1-5-22(14(24)11-19(2,3)4)15-16(20)23(18(26)21-17(15)25)12-13-9-7-6-8-10-13/h6-10H,5,11-12,20H2,1-4H3,(H,21,25,26). The summed E-state index contributed by atoms with van der Waals surface area (Å²) in [5, 5.41) is 0. The summed E-state index contributed by atoms with van der Waals surface area (Å²) < 4.78 is 1.28. The number of rotatable bonds is 5. The van der Waals surface area contributed by atoms with Crippen molar-refractivity contribution in [3.8, 4) is 0 Å². The van der Waals surface area contributed by atoms with Crippen molar-refractivity contribution in [1.82, 2.24) is 9.55 Å². The van der Waals surface area contributed by atoms with Crippen LogP contribution in [0.5, 0.6) is 0 Å². The summed E-state index contributed by atoms with van der Waals surface area (Å²) >= 11 is 0. The van der Waals surface area contributed by atoms with Crippen molar-refractivity contribution in [2.24, 2.45) is 5.41 Å². The summed E-state index contributed by atoms with van der Waals surface area (Å²) in [4.78, 5) is 41.0. The number of hydrogen-bond acceptors (Lipinski definition) is 4. The lowest BCUT2D eigenvalue weighted by molar-refractivity contribution is -0.120. The largest absolute Gasteiger partial charge is 0.383 e. The lowest BCUT2D eigenvalue weighted by Gasteiger charge is -2.26. The molecular formula is C19H26N4O3. The number of nitrogen functional groups attached to an aromatic ring is 1. The number of benzene rings is 1. The van der Waals surface area contributed by atoms with Gasteiger partial charge in [0.2, 0.25) is 5.91 Å². The van der Waals surface area contributed by atoms with E-state index in [1.165, 1.54) is 9.47 Å². The number of hydrogen-bond donors (Lipinski definition) is 2. The highest BCUT2D eigenvalue weighted by atomic mass is 16.2. The van der Waals surface area contributed by atoms with Gasteiger partial charge in [-0.2, -0.15) is 0 Å². The second-order valence-electron chi connectivity index (χ2n) is 7.44. The molecule has 2 rings (SSSR count). The van der Waals surface area contributed by atoms with Gasteiger partial charge in [0.05, 0.1) is 6.54 Å². The van der Waals surface area contributed by atoms with Crippen LogP contribution in [0, 0.1) is 5.41 Å². The van der Waals surface area contributed by atoms with E-state index in [0.717, 1.165) is 5.56 Å². The molecule has 0 bridgehead atoms. The molecule has 0 fully saturated rings. The molecular weight excluding hydrogens is 332 g/mol. The molecule has 2 aromatic rings. The number of nitrogens with two attached hydrogens (primary N) is 1. The average molecular weight is 358 g/mol. The van der Waals surface area contributed by atoms with Gasteiger partial charge in [0.15, 0.2) is 5.69 Å². The smallest absolute Gasteiger partial charge is 0.330 e. The van der Waals surface area contributed by atoms with Crippen LogP contribution in [-0.4, -0.2) is 22.0 Å². The molecule has 0 radical (unpaired) electrons. The molecule has 0 unspecified atom stereocenters. The third-order valence-electron chi connectivity index (χ3n) is 3.97. The maximum atomic E-state index is 12.7. The lowest BCUT2D eigenvalue weighted by Crippen LogP contribution is -2.42. The van der Waals surface area contributed by atoms with E-state index >= 15 is 0 Å². The Bertz CT molecular complexity index is 892. The summed E-state index contributed by atoms with van der Waals surface area (Å²) in [5.41, 5.74) is 5.57. The van der Waals surface area contributed by atoms with Crippen LogP contribution < -0.4 is 21.9 Å². The number of nitrogens with zero attached hydrogens (tertiary/aromatic N) is 2. The molecule has 0 atom stereocenters. The first-order valence-electron chi connectivity index (χ1n) is 8.61. The van der Waals surface area contributed by atoms with Crippen molar-refractivity contribution in [2.75, 3.05) is 17.2 Å². The van der Waals surface area contributed by atoms with Crippen LogP contribution in [-0.2, 0) is 11.3 Å². The molecule has 0 aliphatic carbocycles. The van der Waals surface area contributed by atoms with Crippen LogP contribution in [0.4, 0.5) is 11.5 Å². The van der Waals surface area contributed by atoms with Gasteiger partial charge in [-0.05, 0) is 17.9 Å². The maximum Gasteiger partial charge on any atom is 0.330 e. The topological polar surface area (TPSA) is 101 Å². The van der Waals surface area contributed by atoms with Crippen LogP contribution >= 0.6 is 0 Å². The Labute approximate surface area is 152 Å². The summed E-state index contributed by atoms with van der Waals surface area (Å²) in [6.45, 7) is 8.10. The SMILES string of the molecule is CCN(C(=O)CC(C)(C)C)c1c(N)n(Cc2ccccc2)c(=O)[nH]c1=O. The van der Waals surface area contributed by atoms with Gasteiger partial charge in [0.1, 0.15) is 5.82 Å². The van der Waals surface area contributed by atoms with E-state index in [0.29, 0.717) is 0 Å². The molecule has 0 aliphatic heterocycles. The van der Waals surface area contributed by atoms with Crippen LogP contribution in [0.1, 0.15) is 39.7 Å². The minimum atomic E-state index is -0.652. The maximum absolute atomic E-state index is 12.7. The third kappa shape index (κ3) is 4.41. The summed E-state index contributed by atoms with van der Waals surface area (Å²) in [5.74, 6) is -0.214. The lowest BCUT2D eigenvalue weighted by atomic mass is 9.91. The Morgan fingerprint density at radius 3 is 2.35 bits per heavy atom. The first-order valence-corrected chi connectivity index (χ1v) is 8.61. The van der Waals surface area contributed by atoms with Gasteiger partial charge in [-0.3, -0.25) is 19.1 Å². The molecule has 26 heavy (non-hydrogen) atoms. The molecule has 0 spiro atoms. The number of anilines is 2. The number of carbonyl (C=O) groups excluding carboxylic acids is 1. The zero-order valence-corrected chi connectivity index (χ0v) is 15.7. The van der Waals surface area contributed by atoms with Crippen molar-refractivity contribution in [2.45, 2.75) is 40.7 Å². The molecule has 1 aromatic carbocycles. The highest BCUT2D eigenvalue weighted by molar-refractivity contribution is 5.95. The molecule has 3 N–H and O–H groups in total. The predicted molar refractivity (Wildman–Crippen MR) is 103 cm³/mol. The normalized spacial score (nSPS) is 11.4. The van der Waals surface area contributed by atoms with E-state index < -0.39 is 11.2 Å². The quantitative estimate of drug-likeness (QED) is 0.853. The molecule has 7 nitrogen and oxygen atoms in total. The van der Waals surface area contributed by atoms with Crippen LogP contribution in [0.25, 0.3) is 0 Å². The van der Waals surface area contributed by atoms with E-state index in [-0.39, 0.29) is 42.3 Å². The Morgan fingerprint density at radius 1 is 1.19 bits per heavy atom. The van der Waals surface area contributed by atoms with Crippen LogP contribution in [0.2, 0.25) is 0 Å². The second-order valence-corrected chi connectivity index (χ2v) is 7.44. The first kappa shape index (κ1) is 19.5. The molecule has 1 aromatic heterocycles. The Balaban J connectivity index is 2.51. The molecule has 0 saturated heterocycles. The van der Waals surface area contributed by atoms with Crippen molar-refractivity contribution < 1.29 is 4.79 Å². The average Bonchev–Trinajstić information content (AvgIpc) is 2.54. The number of nitrogens with one attached hydrogen (secondary N) is 1.